The van der Waals surface area contributed by atoms with Crippen LogP contribution in [0.4, 0.5) is 5.69 Å². The van der Waals surface area contributed by atoms with Crippen LogP contribution in [0.5, 0.6) is 0 Å². The highest BCUT2D eigenvalue weighted by molar-refractivity contribution is 5.25. The number of nitrogens with zero attached hydrogens (tertiary/aromatic N) is 2. The van der Waals surface area contributed by atoms with E-state index in [1.54, 1.807) is 10.8 Å². The van der Waals surface area contributed by atoms with Crippen LogP contribution in [0.1, 0.15) is 39.5 Å². The summed E-state index contributed by atoms with van der Waals surface area (Å²) in [6, 6.07) is 1.28. The van der Waals surface area contributed by atoms with Gasteiger partial charge in [-0.15, -0.1) is 0 Å². The van der Waals surface area contributed by atoms with Gasteiger partial charge in [-0.2, -0.15) is 0 Å². The number of hydrogen-bond acceptors (Lipinski definition) is 3. The summed E-state index contributed by atoms with van der Waals surface area (Å²) >= 11 is 0. The predicted octanol–water partition coefficient (Wildman–Crippen LogP) is 3.22. The molecule has 0 aromatic carbocycles. The van der Waals surface area contributed by atoms with E-state index in [1.165, 1.54) is 31.5 Å². The molecule has 1 aliphatic carbocycles. The maximum atomic E-state index is 11.3. The third-order valence-corrected chi connectivity index (χ3v) is 4.23. The fourth-order valence-corrected chi connectivity index (χ4v) is 3.47. The third-order valence-electron chi connectivity index (χ3n) is 4.23. The van der Waals surface area contributed by atoms with Gasteiger partial charge >= 0.3 is 5.69 Å². The van der Waals surface area contributed by atoms with Gasteiger partial charge in [0, 0.05) is 18.8 Å². The number of nitro groups is 1. The Hall–Kier alpha value is -1.65. The first kappa shape index (κ1) is 14.8. The normalized spacial score (nSPS) is 26.4. The van der Waals surface area contributed by atoms with E-state index in [2.05, 4.69) is 13.8 Å². The molecule has 1 fully saturated rings. The Morgan fingerprint density at radius 1 is 1.30 bits per heavy atom. The predicted molar refractivity (Wildman–Crippen MR) is 77.6 cm³/mol. The fraction of sp³-hybridized carbons (Fsp3) is 0.667. The molecule has 2 unspecified atom stereocenters. The number of hydrogen-bond donors (Lipinski definition) is 0. The summed E-state index contributed by atoms with van der Waals surface area (Å²) in [6.07, 6.45) is 7.82. The first-order valence-corrected chi connectivity index (χ1v) is 7.30. The van der Waals surface area contributed by atoms with Gasteiger partial charge in [0.15, 0.2) is 0 Å². The van der Waals surface area contributed by atoms with Crippen molar-refractivity contribution in [2.45, 2.75) is 46.1 Å². The molecule has 0 spiro atoms. The van der Waals surface area contributed by atoms with E-state index in [9.17, 15) is 14.9 Å². The van der Waals surface area contributed by atoms with E-state index in [0.29, 0.717) is 5.92 Å². The molecule has 0 N–H and O–H groups in total. The average Bonchev–Trinajstić information content (AvgIpc) is 2.36. The fourth-order valence-electron chi connectivity index (χ4n) is 3.47. The minimum Gasteiger partial charge on any atom is -0.348 e. The van der Waals surface area contributed by atoms with Crippen LogP contribution in [0, 0.1) is 27.9 Å². The van der Waals surface area contributed by atoms with Gasteiger partial charge in [-0.05, 0) is 43.4 Å². The molecule has 1 aromatic rings. The molecule has 1 heterocycles. The van der Waals surface area contributed by atoms with Gasteiger partial charge in [0.2, 0.25) is 0 Å². The second-order valence-corrected chi connectivity index (χ2v) is 6.26. The van der Waals surface area contributed by atoms with Crippen molar-refractivity contribution < 1.29 is 4.92 Å². The van der Waals surface area contributed by atoms with Gasteiger partial charge < -0.3 is 4.57 Å². The molecule has 0 radical (unpaired) electrons. The van der Waals surface area contributed by atoms with Crippen LogP contribution < -0.4 is 5.43 Å². The molecular formula is C15H22N2O3. The topological polar surface area (TPSA) is 65.1 Å². The zero-order chi connectivity index (χ0) is 14.7. The van der Waals surface area contributed by atoms with Crippen molar-refractivity contribution in [1.82, 2.24) is 4.57 Å². The monoisotopic (exact) mass is 278 g/mol. The SMILES string of the molecule is CC1CC(C)CC(CCn2ccc(=O)c([N+](=O)[O-])c2)C1. The number of rotatable bonds is 4. The van der Waals surface area contributed by atoms with Crippen LogP contribution in [0.2, 0.25) is 0 Å². The molecule has 20 heavy (non-hydrogen) atoms. The Morgan fingerprint density at radius 2 is 1.95 bits per heavy atom. The second kappa shape index (κ2) is 6.20. The summed E-state index contributed by atoms with van der Waals surface area (Å²) in [5.74, 6) is 2.23. The number of aryl methyl sites for hydroxylation is 1. The van der Waals surface area contributed by atoms with Gasteiger partial charge in [0.05, 0.1) is 11.1 Å². The molecule has 0 aliphatic heterocycles. The molecule has 1 aromatic heterocycles. The van der Waals surface area contributed by atoms with E-state index in [-0.39, 0.29) is 5.69 Å². The largest absolute Gasteiger partial charge is 0.348 e. The maximum absolute atomic E-state index is 11.3. The molecule has 5 heteroatoms. The van der Waals surface area contributed by atoms with Crippen molar-refractivity contribution in [3.8, 4) is 0 Å². The van der Waals surface area contributed by atoms with Crippen molar-refractivity contribution >= 4 is 5.69 Å². The quantitative estimate of drug-likeness (QED) is 0.627. The van der Waals surface area contributed by atoms with E-state index in [4.69, 9.17) is 0 Å². The van der Waals surface area contributed by atoms with Crippen molar-refractivity contribution in [3.05, 3.63) is 38.8 Å². The Kier molecular flexibility index (Phi) is 4.57. The summed E-state index contributed by atoms with van der Waals surface area (Å²) in [5, 5.41) is 10.8. The summed E-state index contributed by atoms with van der Waals surface area (Å²) in [6.45, 7) is 5.34. The molecule has 1 saturated carbocycles. The van der Waals surface area contributed by atoms with Crippen LogP contribution in [0.3, 0.4) is 0 Å². The average molecular weight is 278 g/mol. The molecule has 110 valence electrons. The van der Waals surface area contributed by atoms with Crippen molar-refractivity contribution in [1.29, 1.82) is 0 Å². The third kappa shape index (κ3) is 3.68. The molecular weight excluding hydrogens is 256 g/mol. The molecule has 2 atom stereocenters. The lowest BCUT2D eigenvalue weighted by Gasteiger charge is -2.31. The highest BCUT2D eigenvalue weighted by atomic mass is 16.6. The summed E-state index contributed by atoms with van der Waals surface area (Å²) in [4.78, 5) is 21.5. The molecule has 0 bridgehead atoms. The molecule has 2 rings (SSSR count). The van der Waals surface area contributed by atoms with Crippen LogP contribution in [-0.4, -0.2) is 9.49 Å². The van der Waals surface area contributed by atoms with Gasteiger partial charge in [-0.25, -0.2) is 0 Å². The first-order chi connectivity index (χ1) is 9.45. The standard InChI is InChI=1S/C15H22N2O3/c1-11-7-12(2)9-13(8-11)3-5-16-6-4-15(18)14(10-16)17(19)20/h4,6,10-13H,3,5,7-9H2,1-2H3. The molecule has 1 aliphatic rings. The van der Waals surface area contributed by atoms with Crippen LogP contribution in [0.15, 0.2) is 23.3 Å². The summed E-state index contributed by atoms with van der Waals surface area (Å²) in [7, 11) is 0. The smallest absolute Gasteiger partial charge is 0.332 e. The second-order valence-electron chi connectivity index (χ2n) is 6.26. The van der Waals surface area contributed by atoms with Crippen molar-refractivity contribution in [3.63, 3.8) is 0 Å². The zero-order valence-electron chi connectivity index (χ0n) is 12.1. The number of pyridine rings is 1. The molecule has 0 amide bonds. The van der Waals surface area contributed by atoms with E-state index in [0.717, 1.165) is 24.8 Å². The van der Waals surface area contributed by atoms with Crippen LogP contribution >= 0.6 is 0 Å². The van der Waals surface area contributed by atoms with Crippen molar-refractivity contribution in [2.24, 2.45) is 17.8 Å². The van der Waals surface area contributed by atoms with E-state index < -0.39 is 10.4 Å². The van der Waals surface area contributed by atoms with Crippen LogP contribution in [0.25, 0.3) is 0 Å². The zero-order valence-corrected chi connectivity index (χ0v) is 12.1. The lowest BCUT2D eigenvalue weighted by Crippen LogP contribution is -2.21. The summed E-state index contributed by atoms with van der Waals surface area (Å²) < 4.78 is 1.77. The van der Waals surface area contributed by atoms with Gasteiger partial charge in [0.1, 0.15) is 0 Å². The summed E-state index contributed by atoms with van der Waals surface area (Å²) in [5.41, 5.74) is -0.857. The highest BCUT2D eigenvalue weighted by Gasteiger charge is 2.23. The molecule has 5 nitrogen and oxygen atoms in total. The maximum Gasteiger partial charge on any atom is 0.332 e. The van der Waals surface area contributed by atoms with Gasteiger partial charge in [-0.3, -0.25) is 14.9 Å². The Labute approximate surface area is 118 Å². The minimum absolute atomic E-state index is 0.335. The van der Waals surface area contributed by atoms with Crippen molar-refractivity contribution in [2.75, 3.05) is 0 Å². The van der Waals surface area contributed by atoms with Gasteiger partial charge in [-0.1, -0.05) is 13.8 Å². The Bertz CT molecular complexity index is 528. The molecule has 0 saturated heterocycles. The first-order valence-electron chi connectivity index (χ1n) is 7.30. The minimum atomic E-state index is -0.608. The Balaban J connectivity index is 1.99. The lowest BCUT2D eigenvalue weighted by molar-refractivity contribution is -0.386. The van der Waals surface area contributed by atoms with E-state index >= 15 is 0 Å². The lowest BCUT2D eigenvalue weighted by atomic mass is 9.75. The van der Waals surface area contributed by atoms with Crippen LogP contribution in [-0.2, 0) is 6.54 Å². The highest BCUT2D eigenvalue weighted by Crippen LogP contribution is 2.34. The van der Waals surface area contributed by atoms with E-state index in [1.807, 2.05) is 0 Å². The number of aromatic nitrogens is 1. The Morgan fingerprint density at radius 3 is 2.55 bits per heavy atom. The van der Waals surface area contributed by atoms with Gasteiger partial charge in [0.25, 0.3) is 5.43 Å².